The Bertz CT molecular complexity index is 857. The second-order valence-corrected chi connectivity index (χ2v) is 5.92. The van der Waals surface area contributed by atoms with E-state index in [-0.39, 0.29) is 0 Å². The summed E-state index contributed by atoms with van der Waals surface area (Å²) in [6.07, 6.45) is 3.32. The maximum absolute atomic E-state index is 12.1. The number of para-hydroxylation sites is 1. The van der Waals surface area contributed by atoms with Crippen molar-refractivity contribution in [3.05, 3.63) is 66.4 Å². The van der Waals surface area contributed by atoms with Gasteiger partial charge in [-0.1, -0.05) is 43.7 Å². The van der Waals surface area contributed by atoms with Crippen LogP contribution in [0.3, 0.4) is 0 Å². The highest BCUT2D eigenvalue weighted by molar-refractivity contribution is 5.86. The van der Waals surface area contributed by atoms with E-state index in [1.54, 1.807) is 12.3 Å². The fourth-order valence-corrected chi connectivity index (χ4v) is 2.51. The first-order valence-corrected chi connectivity index (χ1v) is 8.77. The van der Waals surface area contributed by atoms with Gasteiger partial charge in [-0.2, -0.15) is 0 Å². The Morgan fingerprint density at radius 2 is 1.88 bits per heavy atom. The van der Waals surface area contributed by atoms with Crippen LogP contribution in [0.15, 0.2) is 60.8 Å². The van der Waals surface area contributed by atoms with Crippen LogP contribution in [0.1, 0.15) is 25.3 Å². The summed E-state index contributed by atoms with van der Waals surface area (Å²) in [4.78, 5) is 16.4. The zero-order chi connectivity index (χ0) is 18.2. The number of ether oxygens (including phenoxy) is 2. The number of carbonyl (C=O) groups excluding carboxylic acids is 1. The molecule has 0 saturated carbocycles. The lowest BCUT2D eigenvalue weighted by atomic mass is 10.2. The van der Waals surface area contributed by atoms with Gasteiger partial charge in [0.25, 0.3) is 0 Å². The van der Waals surface area contributed by atoms with Crippen LogP contribution in [0.25, 0.3) is 10.9 Å². The van der Waals surface area contributed by atoms with Gasteiger partial charge in [-0.3, -0.25) is 4.98 Å². The first-order valence-electron chi connectivity index (χ1n) is 8.77. The van der Waals surface area contributed by atoms with Crippen LogP contribution in [0, 0.1) is 0 Å². The zero-order valence-corrected chi connectivity index (χ0v) is 14.8. The average molecular weight is 350 g/mol. The number of amides is 1. The third-order valence-corrected chi connectivity index (χ3v) is 3.93. The third-order valence-electron chi connectivity index (χ3n) is 3.93. The van der Waals surface area contributed by atoms with Crippen molar-refractivity contribution in [1.82, 2.24) is 10.3 Å². The van der Waals surface area contributed by atoms with Crippen molar-refractivity contribution in [2.24, 2.45) is 0 Å². The molecule has 1 N–H and O–H groups in total. The lowest BCUT2D eigenvalue weighted by Crippen LogP contribution is -2.26. The number of unbranched alkanes of at least 4 members (excludes halogenated alkanes) is 1. The molecular formula is C21H22N2O3. The quantitative estimate of drug-likeness (QED) is 0.627. The topological polar surface area (TPSA) is 60.5 Å². The van der Waals surface area contributed by atoms with Gasteiger partial charge in [-0.15, -0.1) is 0 Å². The van der Waals surface area contributed by atoms with E-state index in [9.17, 15) is 4.79 Å². The number of benzene rings is 2. The molecule has 26 heavy (non-hydrogen) atoms. The highest BCUT2D eigenvalue weighted by atomic mass is 16.6. The maximum Gasteiger partial charge on any atom is 0.412 e. The Kier molecular flexibility index (Phi) is 6.04. The maximum atomic E-state index is 12.1. The predicted molar refractivity (Wildman–Crippen MR) is 101 cm³/mol. The summed E-state index contributed by atoms with van der Waals surface area (Å²) in [5.41, 5.74) is 1.64. The molecular weight excluding hydrogens is 328 g/mol. The number of rotatable bonds is 7. The fraction of sp³-hybridized carbons (Fsp3) is 0.238. The number of fused-ring (bicyclic) bond motifs is 1. The number of hydrogen-bond donors (Lipinski definition) is 1. The normalized spacial score (nSPS) is 10.5. The highest BCUT2D eigenvalue weighted by Gasteiger charge is 2.08. The van der Waals surface area contributed by atoms with Crippen molar-refractivity contribution in [3.8, 4) is 11.5 Å². The lowest BCUT2D eigenvalue weighted by molar-refractivity contribution is 0.200. The Morgan fingerprint density at radius 3 is 2.69 bits per heavy atom. The number of carbonyl (C=O) groups is 1. The summed E-state index contributed by atoms with van der Waals surface area (Å²) in [5, 5.41) is 3.68. The number of pyridine rings is 1. The second kappa shape index (κ2) is 8.85. The van der Waals surface area contributed by atoms with Gasteiger partial charge in [0.15, 0.2) is 5.75 Å². The van der Waals surface area contributed by atoms with Gasteiger partial charge in [0.1, 0.15) is 11.3 Å². The number of hydrogen-bond acceptors (Lipinski definition) is 4. The average Bonchev–Trinajstić information content (AvgIpc) is 2.68. The van der Waals surface area contributed by atoms with Gasteiger partial charge in [-0.05, 0) is 36.2 Å². The zero-order valence-electron chi connectivity index (χ0n) is 14.8. The Morgan fingerprint density at radius 1 is 1.08 bits per heavy atom. The van der Waals surface area contributed by atoms with E-state index in [1.165, 1.54) is 0 Å². The molecule has 3 aromatic rings. The first-order chi connectivity index (χ1) is 12.8. The fourth-order valence-electron chi connectivity index (χ4n) is 2.51. The van der Waals surface area contributed by atoms with Crippen LogP contribution in [0.2, 0.25) is 0 Å². The van der Waals surface area contributed by atoms with Gasteiger partial charge in [-0.25, -0.2) is 4.79 Å². The molecule has 0 unspecified atom stereocenters. The van der Waals surface area contributed by atoms with Crippen molar-refractivity contribution in [2.45, 2.75) is 26.3 Å². The molecule has 0 fully saturated rings. The summed E-state index contributed by atoms with van der Waals surface area (Å²) in [6, 6.07) is 17.0. The summed E-state index contributed by atoms with van der Waals surface area (Å²) in [7, 11) is 0. The molecule has 0 spiro atoms. The minimum absolute atomic E-state index is 0.381. The lowest BCUT2D eigenvalue weighted by Gasteiger charge is -2.09. The summed E-state index contributed by atoms with van der Waals surface area (Å²) in [5.74, 6) is 1.28. The van der Waals surface area contributed by atoms with E-state index in [4.69, 9.17) is 9.47 Å². The van der Waals surface area contributed by atoms with E-state index in [0.717, 1.165) is 36.1 Å². The van der Waals surface area contributed by atoms with Crippen molar-refractivity contribution < 1.29 is 14.3 Å². The van der Waals surface area contributed by atoms with Gasteiger partial charge < -0.3 is 14.8 Å². The highest BCUT2D eigenvalue weighted by Crippen LogP contribution is 2.23. The third kappa shape index (κ3) is 4.72. The molecule has 3 rings (SSSR count). The van der Waals surface area contributed by atoms with Crippen molar-refractivity contribution in [1.29, 1.82) is 0 Å². The molecule has 0 bridgehead atoms. The van der Waals surface area contributed by atoms with Crippen LogP contribution in [-0.2, 0) is 6.54 Å². The van der Waals surface area contributed by atoms with Gasteiger partial charge in [0.05, 0.1) is 6.61 Å². The molecule has 0 radical (unpaired) electrons. The Hall–Kier alpha value is -3.08. The molecule has 0 aliphatic heterocycles. The molecule has 0 saturated heterocycles. The molecule has 134 valence electrons. The van der Waals surface area contributed by atoms with Crippen LogP contribution in [0.5, 0.6) is 11.5 Å². The largest absolute Gasteiger partial charge is 0.494 e. The monoisotopic (exact) mass is 350 g/mol. The SMILES string of the molecule is CCCCOc1ccc(CNC(=O)Oc2cccc3cccnc23)cc1. The number of nitrogens with zero attached hydrogens (tertiary/aromatic N) is 1. The molecule has 5 nitrogen and oxygen atoms in total. The molecule has 2 aromatic carbocycles. The summed E-state index contributed by atoms with van der Waals surface area (Å²) >= 11 is 0. The number of nitrogens with one attached hydrogen (secondary N) is 1. The van der Waals surface area contributed by atoms with E-state index < -0.39 is 6.09 Å². The molecule has 0 atom stereocenters. The minimum Gasteiger partial charge on any atom is -0.494 e. The van der Waals surface area contributed by atoms with Crippen LogP contribution in [0.4, 0.5) is 4.79 Å². The molecule has 0 aliphatic carbocycles. The molecule has 1 heterocycles. The van der Waals surface area contributed by atoms with E-state index in [2.05, 4.69) is 17.2 Å². The summed E-state index contributed by atoms with van der Waals surface area (Å²) < 4.78 is 11.0. The Labute approximate surface area is 153 Å². The van der Waals surface area contributed by atoms with Crippen molar-refractivity contribution in [3.63, 3.8) is 0 Å². The van der Waals surface area contributed by atoms with Crippen LogP contribution in [-0.4, -0.2) is 17.7 Å². The predicted octanol–water partition coefficient (Wildman–Crippen LogP) is 4.70. The van der Waals surface area contributed by atoms with Gasteiger partial charge in [0, 0.05) is 18.1 Å². The molecule has 0 aliphatic rings. The molecule has 1 aromatic heterocycles. The van der Waals surface area contributed by atoms with E-state index in [1.807, 2.05) is 48.5 Å². The standard InChI is InChI=1S/C21H22N2O3/c1-2-3-14-25-18-11-9-16(10-12-18)15-23-21(24)26-19-8-4-6-17-7-5-13-22-20(17)19/h4-13H,2-3,14-15H2,1H3,(H,23,24). The van der Waals surface area contributed by atoms with Gasteiger partial charge in [0.2, 0.25) is 0 Å². The van der Waals surface area contributed by atoms with E-state index in [0.29, 0.717) is 17.8 Å². The number of aromatic nitrogens is 1. The van der Waals surface area contributed by atoms with Crippen molar-refractivity contribution >= 4 is 17.0 Å². The van der Waals surface area contributed by atoms with Crippen molar-refractivity contribution in [2.75, 3.05) is 6.61 Å². The van der Waals surface area contributed by atoms with Gasteiger partial charge >= 0.3 is 6.09 Å². The molecule has 5 heteroatoms. The minimum atomic E-state index is -0.508. The first kappa shape index (κ1) is 17.7. The van der Waals surface area contributed by atoms with Crippen LogP contribution < -0.4 is 14.8 Å². The molecule has 1 amide bonds. The second-order valence-electron chi connectivity index (χ2n) is 5.92. The summed E-state index contributed by atoms with van der Waals surface area (Å²) in [6.45, 7) is 3.23. The smallest absolute Gasteiger partial charge is 0.412 e. The van der Waals surface area contributed by atoms with Crippen LogP contribution >= 0.6 is 0 Å². The Balaban J connectivity index is 1.54. The van der Waals surface area contributed by atoms with E-state index >= 15 is 0 Å².